The van der Waals surface area contributed by atoms with Crippen molar-refractivity contribution in [3.63, 3.8) is 0 Å². The first-order valence-electron chi connectivity index (χ1n) is 8.31. The number of aryl methyl sites for hydroxylation is 2. The molecule has 4 rings (SSSR count). The molecule has 0 fully saturated rings. The normalized spacial score (nSPS) is 10.7. The second-order valence-corrected chi connectivity index (χ2v) is 6.10. The molecule has 0 spiro atoms. The topological polar surface area (TPSA) is 68.5 Å². The van der Waals surface area contributed by atoms with E-state index in [0.29, 0.717) is 5.95 Å². The number of aromatic nitrogens is 5. The second kappa shape index (κ2) is 6.76. The van der Waals surface area contributed by atoms with Gasteiger partial charge in [-0.2, -0.15) is 4.98 Å². The molecule has 0 bridgehead atoms. The molecule has 3 aromatic heterocycles. The predicted molar refractivity (Wildman–Crippen MR) is 102 cm³/mol. The molecule has 0 amide bonds. The van der Waals surface area contributed by atoms with Gasteiger partial charge in [-0.05, 0) is 55.3 Å². The van der Waals surface area contributed by atoms with E-state index in [1.165, 1.54) is 11.1 Å². The van der Waals surface area contributed by atoms with Crippen molar-refractivity contribution in [2.75, 3.05) is 5.32 Å². The third-order valence-corrected chi connectivity index (χ3v) is 3.93. The van der Waals surface area contributed by atoms with Crippen LogP contribution in [0.3, 0.4) is 0 Å². The Labute approximate surface area is 151 Å². The van der Waals surface area contributed by atoms with Crippen molar-refractivity contribution < 1.29 is 0 Å². The van der Waals surface area contributed by atoms with Crippen molar-refractivity contribution in [3.05, 3.63) is 78.5 Å². The summed E-state index contributed by atoms with van der Waals surface area (Å²) < 4.78 is 1.92. The Hall–Kier alpha value is -3.54. The van der Waals surface area contributed by atoms with Crippen molar-refractivity contribution in [2.24, 2.45) is 0 Å². The monoisotopic (exact) mass is 342 g/mol. The molecule has 0 saturated heterocycles. The van der Waals surface area contributed by atoms with Crippen LogP contribution >= 0.6 is 0 Å². The maximum Gasteiger partial charge on any atom is 0.229 e. The van der Waals surface area contributed by atoms with E-state index in [-0.39, 0.29) is 0 Å². The highest BCUT2D eigenvalue weighted by Gasteiger charge is 2.10. The van der Waals surface area contributed by atoms with Crippen molar-refractivity contribution in [1.29, 1.82) is 0 Å². The van der Waals surface area contributed by atoms with Crippen molar-refractivity contribution in [2.45, 2.75) is 13.8 Å². The van der Waals surface area contributed by atoms with Gasteiger partial charge in [-0.15, -0.1) is 0 Å². The molecule has 1 N–H and O–H groups in total. The Morgan fingerprint density at radius 1 is 0.923 bits per heavy atom. The van der Waals surface area contributed by atoms with Crippen molar-refractivity contribution in [1.82, 2.24) is 24.5 Å². The second-order valence-electron chi connectivity index (χ2n) is 6.10. The minimum Gasteiger partial charge on any atom is -0.324 e. The maximum atomic E-state index is 4.64. The lowest BCUT2D eigenvalue weighted by Crippen LogP contribution is -2.04. The largest absolute Gasteiger partial charge is 0.324 e. The Kier molecular flexibility index (Phi) is 4.15. The summed E-state index contributed by atoms with van der Waals surface area (Å²) in [6.07, 6.45) is 8.90. The fraction of sp³-hybridized carbons (Fsp3) is 0.100. The van der Waals surface area contributed by atoms with E-state index in [1.54, 1.807) is 24.8 Å². The summed E-state index contributed by atoms with van der Waals surface area (Å²) in [4.78, 5) is 17.6. The number of nitrogens with one attached hydrogen (secondary N) is 1. The van der Waals surface area contributed by atoms with E-state index in [4.69, 9.17) is 0 Å². The summed E-state index contributed by atoms with van der Waals surface area (Å²) in [5.41, 5.74) is 4.28. The third kappa shape index (κ3) is 3.30. The van der Waals surface area contributed by atoms with Crippen LogP contribution in [0.15, 0.2) is 67.4 Å². The van der Waals surface area contributed by atoms with Gasteiger partial charge in [-0.3, -0.25) is 9.55 Å². The van der Waals surface area contributed by atoms with Crippen molar-refractivity contribution >= 4 is 11.6 Å². The van der Waals surface area contributed by atoms with Gasteiger partial charge in [0, 0.05) is 42.2 Å². The predicted octanol–water partition coefficient (Wildman–Crippen LogP) is 4.08. The summed E-state index contributed by atoms with van der Waals surface area (Å²) in [6.45, 7) is 4.14. The highest BCUT2D eigenvalue weighted by Crippen LogP contribution is 2.21. The first-order chi connectivity index (χ1) is 12.7. The fourth-order valence-corrected chi connectivity index (χ4v) is 2.92. The van der Waals surface area contributed by atoms with E-state index in [9.17, 15) is 0 Å². The molecule has 0 unspecified atom stereocenters. The molecule has 0 aliphatic heterocycles. The van der Waals surface area contributed by atoms with Gasteiger partial charge in [0.15, 0.2) is 0 Å². The van der Waals surface area contributed by atoms with Gasteiger partial charge >= 0.3 is 0 Å². The van der Waals surface area contributed by atoms with Crippen LogP contribution in [-0.2, 0) is 0 Å². The Bertz CT molecular complexity index is 1020. The number of rotatable bonds is 4. The van der Waals surface area contributed by atoms with E-state index in [1.807, 2.05) is 29.0 Å². The molecule has 0 saturated carbocycles. The number of hydrogen-bond acceptors (Lipinski definition) is 5. The Morgan fingerprint density at radius 3 is 2.54 bits per heavy atom. The van der Waals surface area contributed by atoms with E-state index < -0.39 is 0 Å². The molecule has 0 atom stereocenters. The van der Waals surface area contributed by atoms with Crippen LogP contribution in [0.2, 0.25) is 0 Å². The lowest BCUT2D eigenvalue weighted by atomic mass is 10.1. The van der Waals surface area contributed by atoms with Crippen LogP contribution < -0.4 is 5.32 Å². The maximum absolute atomic E-state index is 4.64. The zero-order valence-corrected chi connectivity index (χ0v) is 14.6. The van der Waals surface area contributed by atoms with E-state index in [0.717, 1.165) is 22.9 Å². The molecule has 6 heteroatoms. The molecular formula is C20H18N6. The number of benzene rings is 1. The van der Waals surface area contributed by atoms with Crippen LogP contribution in [0, 0.1) is 13.8 Å². The molecule has 3 heterocycles. The number of nitrogens with zero attached hydrogens (tertiary/aromatic N) is 5. The van der Waals surface area contributed by atoms with Gasteiger partial charge in [0.05, 0.1) is 0 Å². The summed E-state index contributed by atoms with van der Waals surface area (Å²) in [5.74, 6) is 2.07. The van der Waals surface area contributed by atoms with Gasteiger partial charge in [0.25, 0.3) is 0 Å². The van der Waals surface area contributed by atoms with Crippen LogP contribution in [0.1, 0.15) is 11.1 Å². The Balaban J connectivity index is 1.68. The van der Waals surface area contributed by atoms with Gasteiger partial charge < -0.3 is 5.32 Å². The van der Waals surface area contributed by atoms with Gasteiger partial charge in [0.2, 0.25) is 5.95 Å². The van der Waals surface area contributed by atoms with Crippen LogP contribution in [0.4, 0.5) is 11.6 Å². The highest BCUT2D eigenvalue weighted by molar-refractivity contribution is 5.58. The molecule has 0 aliphatic carbocycles. The first kappa shape index (κ1) is 16.0. The van der Waals surface area contributed by atoms with Crippen LogP contribution in [-0.4, -0.2) is 24.5 Å². The zero-order chi connectivity index (χ0) is 17.9. The van der Waals surface area contributed by atoms with Crippen LogP contribution in [0.5, 0.6) is 0 Å². The summed E-state index contributed by atoms with van der Waals surface area (Å²) in [5, 5.41) is 3.28. The number of imidazole rings is 1. The van der Waals surface area contributed by atoms with E-state index >= 15 is 0 Å². The standard InChI is InChI=1S/C20H18N6/c1-14-10-15(2)12-17(11-14)24-20-23-7-5-18(25-20)26-9-8-22-19(26)16-4-3-6-21-13-16/h3-13H,1-2H3,(H,23,24,25). The lowest BCUT2D eigenvalue weighted by Gasteiger charge is -2.10. The molecular weight excluding hydrogens is 324 g/mol. The average Bonchev–Trinajstić information content (AvgIpc) is 3.12. The van der Waals surface area contributed by atoms with E-state index in [2.05, 4.69) is 57.3 Å². The molecule has 4 aromatic rings. The SMILES string of the molecule is Cc1cc(C)cc(Nc2nccc(-n3ccnc3-c3cccnc3)n2)c1. The molecule has 26 heavy (non-hydrogen) atoms. The summed E-state index contributed by atoms with van der Waals surface area (Å²) in [6, 6.07) is 12.0. The highest BCUT2D eigenvalue weighted by atomic mass is 15.2. The lowest BCUT2D eigenvalue weighted by molar-refractivity contribution is 0.981. The zero-order valence-electron chi connectivity index (χ0n) is 14.6. The third-order valence-electron chi connectivity index (χ3n) is 3.93. The first-order valence-corrected chi connectivity index (χ1v) is 8.31. The molecule has 0 radical (unpaired) electrons. The molecule has 6 nitrogen and oxygen atoms in total. The Morgan fingerprint density at radius 2 is 1.77 bits per heavy atom. The summed E-state index contributed by atoms with van der Waals surface area (Å²) >= 11 is 0. The van der Waals surface area contributed by atoms with Crippen LogP contribution in [0.25, 0.3) is 17.2 Å². The minimum atomic E-state index is 0.540. The molecule has 128 valence electrons. The molecule has 1 aromatic carbocycles. The summed E-state index contributed by atoms with van der Waals surface area (Å²) in [7, 11) is 0. The quantitative estimate of drug-likeness (QED) is 0.605. The number of anilines is 2. The fourth-order valence-electron chi connectivity index (χ4n) is 2.92. The van der Waals surface area contributed by atoms with Gasteiger partial charge in [-0.1, -0.05) is 6.07 Å². The van der Waals surface area contributed by atoms with Gasteiger partial charge in [0.1, 0.15) is 11.6 Å². The number of hydrogen-bond donors (Lipinski definition) is 1. The smallest absolute Gasteiger partial charge is 0.229 e. The number of pyridine rings is 1. The minimum absolute atomic E-state index is 0.540. The molecule has 0 aliphatic rings. The van der Waals surface area contributed by atoms with Gasteiger partial charge in [-0.25, -0.2) is 9.97 Å². The average molecular weight is 342 g/mol. The van der Waals surface area contributed by atoms with Crippen molar-refractivity contribution in [3.8, 4) is 17.2 Å².